The van der Waals surface area contributed by atoms with Crippen molar-refractivity contribution in [3.63, 3.8) is 0 Å². The molecule has 0 aromatic heterocycles. The third-order valence-electron chi connectivity index (χ3n) is 3.95. The lowest BCUT2D eigenvalue weighted by Crippen LogP contribution is -2.32. The van der Waals surface area contributed by atoms with E-state index in [1.165, 1.54) is 0 Å². The number of benzene rings is 3. The molecule has 3 N–H and O–H groups in total. The number of para-hydroxylation sites is 1. The average Bonchev–Trinajstić information content (AvgIpc) is 2.69. The lowest BCUT2D eigenvalue weighted by atomic mass is 10.1. The van der Waals surface area contributed by atoms with Crippen LogP contribution < -0.4 is 16.0 Å². The first-order valence-electron chi connectivity index (χ1n) is 8.67. The number of hydrogen-bond donors (Lipinski definition) is 3. The maximum absolute atomic E-state index is 12.0. The van der Waals surface area contributed by atoms with Gasteiger partial charge in [-0.1, -0.05) is 35.9 Å². The summed E-state index contributed by atoms with van der Waals surface area (Å²) in [5.74, 6) is -0.549. The first-order chi connectivity index (χ1) is 13.1. The number of carbonyl (C=O) groups is 2. The van der Waals surface area contributed by atoms with Crippen molar-refractivity contribution in [1.29, 1.82) is 0 Å². The highest BCUT2D eigenvalue weighted by atomic mass is 16.2. The molecular formula is C22H21N3O2. The van der Waals surface area contributed by atoms with Crippen molar-refractivity contribution in [3.05, 3.63) is 90.0 Å². The number of hydrogen-bond acceptors (Lipinski definition) is 3. The zero-order valence-electron chi connectivity index (χ0n) is 15.0. The molecule has 136 valence electrons. The third kappa shape index (κ3) is 5.44. The molecule has 0 heterocycles. The fourth-order valence-corrected chi connectivity index (χ4v) is 2.50. The Morgan fingerprint density at radius 2 is 1.33 bits per heavy atom. The van der Waals surface area contributed by atoms with E-state index in [-0.39, 0.29) is 18.4 Å². The molecule has 5 heteroatoms. The van der Waals surface area contributed by atoms with E-state index in [9.17, 15) is 9.59 Å². The molecule has 3 aromatic carbocycles. The van der Waals surface area contributed by atoms with E-state index in [0.717, 1.165) is 16.9 Å². The van der Waals surface area contributed by atoms with Crippen LogP contribution in [0.4, 0.5) is 17.1 Å². The van der Waals surface area contributed by atoms with Gasteiger partial charge in [-0.25, -0.2) is 0 Å². The fraction of sp³-hybridized carbons (Fsp3) is 0.0909. The van der Waals surface area contributed by atoms with Gasteiger partial charge < -0.3 is 16.0 Å². The lowest BCUT2D eigenvalue weighted by molar-refractivity contribution is -0.115. The van der Waals surface area contributed by atoms with E-state index in [2.05, 4.69) is 16.0 Å². The fourth-order valence-electron chi connectivity index (χ4n) is 2.50. The van der Waals surface area contributed by atoms with Crippen molar-refractivity contribution in [3.8, 4) is 0 Å². The van der Waals surface area contributed by atoms with Crippen molar-refractivity contribution >= 4 is 28.9 Å². The van der Waals surface area contributed by atoms with Crippen LogP contribution in [0.5, 0.6) is 0 Å². The van der Waals surface area contributed by atoms with Gasteiger partial charge in [0.2, 0.25) is 5.91 Å². The number of rotatable bonds is 6. The van der Waals surface area contributed by atoms with Gasteiger partial charge in [0, 0.05) is 22.6 Å². The van der Waals surface area contributed by atoms with Gasteiger partial charge >= 0.3 is 0 Å². The summed E-state index contributed by atoms with van der Waals surface area (Å²) in [4.78, 5) is 24.1. The molecule has 0 spiro atoms. The molecule has 3 aromatic rings. The molecule has 0 atom stereocenters. The molecule has 0 radical (unpaired) electrons. The topological polar surface area (TPSA) is 70.2 Å². The summed E-state index contributed by atoms with van der Waals surface area (Å²) in [6.07, 6.45) is 0. The summed E-state index contributed by atoms with van der Waals surface area (Å²) in [6.45, 7) is 1.87. The first-order valence-corrected chi connectivity index (χ1v) is 8.67. The highest BCUT2D eigenvalue weighted by Gasteiger charge is 2.08. The van der Waals surface area contributed by atoms with Crippen LogP contribution in [0, 0.1) is 6.92 Å². The highest BCUT2D eigenvalue weighted by Crippen LogP contribution is 2.18. The van der Waals surface area contributed by atoms with E-state index < -0.39 is 0 Å². The highest BCUT2D eigenvalue weighted by molar-refractivity contribution is 5.99. The second-order valence-corrected chi connectivity index (χ2v) is 6.17. The molecule has 0 bridgehead atoms. The molecule has 27 heavy (non-hydrogen) atoms. The summed E-state index contributed by atoms with van der Waals surface area (Å²) in [5, 5.41) is 8.66. The Hall–Kier alpha value is -3.60. The maximum atomic E-state index is 12.0. The van der Waals surface area contributed by atoms with Gasteiger partial charge in [0.1, 0.15) is 0 Å². The minimum Gasteiger partial charge on any atom is -0.356 e. The molecule has 0 aliphatic heterocycles. The standard InChI is InChI=1S/C22H21N3O2/c1-16-7-9-17(10-8-16)22(27)23-15-21(26)25-20-13-11-19(12-14-20)24-18-5-3-2-4-6-18/h2-14,24H,15H2,1H3,(H,23,27)(H,25,26). The van der Waals surface area contributed by atoms with E-state index in [0.29, 0.717) is 11.3 Å². The number of nitrogens with one attached hydrogen (secondary N) is 3. The Morgan fingerprint density at radius 1 is 0.741 bits per heavy atom. The second-order valence-electron chi connectivity index (χ2n) is 6.17. The zero-order chi connectivity index (χ0) is 19.1. The molecule has 0 aliphatic rings. The van der Waals surface area contributed by atoms with Crippen LogP contribution in [0.25, 0.3) is 0 Å². The Bertz CT molecular complexity index is 905. The van der Waals surface area contributed by atoms with Crippen LogP contribution in [0.2, 0.25) is 0 Å². The molecule has 0 fully saturated rings. The second kappa shape index (κ2) is 8.67. The number of anilines is 3. The van der Waals surface area contributed by atoms with Gasteiger partial charge in [-0.05, 0) is 55.5 Å². The van der Waals surface area contributed by atoms with E-state index in [1.807, 2.05) is 73.7 Å². The molecule has 3 rings (SSSR count). The van der Waals surface area contributed by atoms with Gasteiger partial charge in [-0.2, -0.15) is 0 Å². The maximum Gasteiger partial charge on any atom is 0.251 e. The average molecular weight is 359 g/mol. The van der Waals surface area contributed by atoms with E-state index in [4.69, 9.17) is 0 Å². The first kappa shape index (κ1) is 18.2. The Morgan fingerprint density at radius 3 is 2.00 bits per heavy atom. The van der Waals surface area contributed by atoms with Gasteiger partial charge in [-0.3, -0.25) is 9.59 Å². The van der Waals surface area contributed by atoms with Crippen molar-refractivity contribution in [2.24, 2.45) is 0 Å². The Balaban J connectivity index is 1.49. The number of amides is 2. The SMILES string of the molecule is Cc1ccc(C(=O)NCC(=O)Nc2ccc(Nc3ccccc3)cc2)cc1. The minimum atomic E-state index is -0.278. The quantitative estimate of drug-likeness (QED) is 0.620. The van der Waals surface area contributed by atoms with E-state index >= 15 is 0 Å². The van der Waals surface area contributed by atoms with Crippen LogP contribution >= 0.6 is 0 Å². The van der Waals surface area contributed by atoms with Crippen LogP contribution in [-0.4, -0.2) is 18.4 Å². The lowest BCUT2D eigenvalue weighted by Gasteiger charge is -2.09. The normalized spacial score (nSPS) is 10.1. The van der Waals surface area contributed by atoms with Gasteiger partial charge in [-0.15, -0.1) is 0 Å². The molecule has 0 aliphatic carbocycles. The van der Waals surface area contributed by atoms with Gasteiger partial charge in [0.15, 0.2) is 0 Å². The smallest absolute Gasteiger partial charge is 0.251 e. The summed E-state index contributed by atoms with van der Waals surface area (Å²) in [6, 6.07) is 24.4. The van der Waals surface area contributed by atoms with E-state index in [1.54, 1.807) is 12.1 Å². The molecular weight excluding hydrogens is 338 g/mol. The molecule has 0 unspecified atom stereocenters. The summed E-state index contributed by atoms with van der Waals surface area (Å²) >= 11 is 0. The van der Waals surface area contributed by atoms with Gasteiger partial charge in [0.25, 0.3) is 5.91 Å². The monoisotopic (exact) mass is 359 g/mol. The Labute approximate surface area is 158 Å². The molecule has 5 nitrogen and oxygen atoms in total. The van der Waals surface area contributed by atoms with Gasteiger partial charge in [0.05, 0.1) is 6.54 Å². The van der Waals surface area contributed by atoms with Crippen molar-refractivity contribution in [2.45, 2.75) is 6.92 Å². The predicted octanol–water partition coefficient (Wildman–Crippen LogP) is 4.11. The van der Waals surface area contributed by atoms with Crippen LogP contribution in [-0.2, 0) is 4.79 Å². The molecule has 0 saturated heterocycles. The largest absolute Gasteiger partial charge is 0.356 e. The summed E-state index contributed by atoms with van der Waals surface area (Å²) in [7, 11) is 0. The minimum absolute atomic E-state index is 0.0866. The van der Waals surface area contributed by atoms with Crippen molar-refractivity contribution in [2.75, 3.05) is 17.2 Å². The molecule has 0 saturated carbocycles. The summed E-state index contributed by atoms with van der Waals surface area (Å²) < 4.78 is 0. The molecule has 2 amide bonds. The van der Waals surface area contributed by atoms with Crippen LogP contribution in [0.15, 0.2) is 78.9 Å². The number of carbonyl (C=O) groups excluding carboxylic acids is 2. The van der Waals surface area contributed by atoms with Crippen LogP contribution in [0.3, 0.4) is 0 Å². The third-order valence-corrected chi connectivity index (χ3v) is 3.95. The van der Waals surface area contributed by atoms with Crippen molar-refractivity contribution in [1.82, 2.24) is 5.32 Å². The van der Waals surface area contributed by atoms with Crippen molar-refractivity contribution < 1.29 is 9.59 Å². The summed E-state index contributed by atoms with van der Waals surface area (Å²) in [5.41, 5.74) is 4.20. The zero-order valence-corrected chi connectivity index (χ0v) is 15.0. The predicted molar refractivity (Wildman–Crippen MR) is 108 cm³/mol. The van der Waals surface area contributed by atoms with Crippen LogP contribution in [0.1, 0.15) is 15.9 Å². The number of aryl methyl sites for hydroxylation is 1. The Kier molecular flexibility index (Phi) is 5.84.